The van der Waals surface area contributed by atoms with Crippen molar-refractivity contribution in [3.63, 3.8) is 0 Å². The summed E-state index contributed by atoms with van der Waals surface area (Å²) in [6, 6.07) is 9.93. The van der Waals surface area contributed by atoms with Crippen molar-refractivity contribution >= 4 is 6.09 Å². The summed E-state index contributed by atoms with van der Waals surface area (Å²) in [4.78, 5) is 11.7. The molecule has 0 atom stereocenters. The Morgan fingerprint density at radius 3 is 2.60 bits per heavy atom. The minimum absolute atomic E-state index is 0.248. The molecule has 0 aromatic heterocycles. The summed E-state index contributed by atoms with van der Waals surface area (Å²) in [7, 11) is 0. The van der Waals surface area contributed by atoms with E-state index in [2.05, 4.69) is 5.32 Å². The summed E-state index contributed by atoms with van der Waals surface area (Å²) in [5.41, 5.74) is 1.41. The van der Waals surface area contributed by atoms with E-state index in [4.69, 9.17) is 9.84 Å². The maximum Gasteiger partial charge on any atom is 0.407 e. The van der Waals surface area contributed by atoms with Crippen LogP contribution in [0.15, 0.2) is 30.3 Å². The number of rotatable bonds is 4. The lowest BCUT2D eigenvalue weighted by Gasteiger charge is -2.57. The van der Waals surface area contributed by atoms with Gasteiger partial charge < -0.3 is 15.2 Å². The number of ether oxygens (including phenoxy) is 1. The van der Waals surface area contributed by atoms with Gasteiger partial charge in [-0.3, -0.25) is 0 Å². The van der Waals surface area contributed by atoms with Crippen LogP contribution in [0.2, 0.25) is 0 Å². The number of aliphatic hydroxyl groups excluding tert-OH is 1. The van der Waals surface area contributed by atoms with Gasteiger partial charge in [-0.1, -0.05) is 30.3 Å². The van der Waals surface area contributed by atoms with Gasteiger partial charge in [0.15, 0.2) is 0 Å². The summed E-state index contributed by atoms with van der Waals surface area (Å²) < 4.78 is 5.21. The summed E-state index contributed by atoms with van der Waals surface area (Å²) in [5.74, 6) is 0.487. The lowest BCUT2D eigenvalue weighted by atomic mass is 9.50. The Balaban J connectivity index is 1.35. The van der Waals surface area contributed by atoms with Gasteiger partial charge in [0, 0.05) is 12.6 Å². The molecule has 0 aliphatic heterocycles. The smallest absolute Gasteiger partial charge is 0.407 e. The fourth-order valence-electron chi connectivity index (χ4n) is 3.65. The third-order valence-electron chi connectivity index (χ3n) is 4.60. The molecule has 1 aromatic carbocycles. The highest BCUT2D eigenvalue weighted by Gasteiger charge is 2.52. The molecule has 2 fully saturated rings. The van der Waals surface area contributed by atoms with E-state index in [1.165, 1.54) is 0 Å². The molecule has 4 heteroatoms. The van der Waals surface area contributed by atoms with Crippen LogP contribution in [-0.2, 0) is 11.3 Å². The third-order valence-corrected chi connectivity index (χ3v) is 4.60. The molecule has 0 radical (unpaired) electrons. The number of amides is 1. The quantitative estimate of drug-likeness (QED) is 0.887. The number of carbonyl (C=O) groups is 1. The summed E-state index contributed by atoms with van der Waals surface area (Å²) in [5, 5.41) is 12.0. The third kappa shape index (κ3) is 2.80. The SMILES string of the molecule is O=C(NC1CC2(CC(CO)C2)C1)OCc1ccccc1. The first-order valence-corrected chi connectivity index (χ1v) is 7.27. The van der Waals surface area contributed by atoms with Gasteiger partial charge in [0.2, 0.25) is 0 Å². The van der Waals surface area contributed by atoms with Crippen molar-refractivity contribution in [2.75, 3.05) is 6.61 Å². The Bertz CT molecular complexity index is 460. The molecule has 2 saturated carbocycles. The monoisotopic (exact) mass is 275 g/mol. The molecule has 108 valence electrons. The maximum atomic E-state index is 11.7. The normalized spacial score (nSPS) is 31.2. The first-order valence-electron chi connectivity index (χ1n) is 7.27. The van der Waals surface area contributed by atoms with E-state index in [0.29, 0.717) is 24.5 Å². The molecule has 2 aliphatic carbocycles. The first kappa shape index (κ1) is 13.4. The average Bonchev–Trinajstić information content (AvgIpc) is 2.39. The van der Waals surface area contributed by atoms with Crippen LogP contribution in [0.4, 0.5) is 4.79 Å². The van der Waals surface area contributed by atoms with E-state index in [1.54, 1.807) is 0 Å². The van der Waals surface area contributed by atoms with Crippen molar-refractivity contribution in [3.8, 4) is 0 Å². The lowest BCUT2D eigenvalue weighted by Crippen LogP contribution is -2.56. The largest absolute Gasteiger partial charge is 0.445 e. The molecule has 3 rings (SSSR count). The van der Waals surface area contributed by atoms with Gasteiger partial charge in [0.25, 0.3) is 0 Å². The fraction of sp³-hybridized carbons (Fsp3) is 0.562. The molecule has 0 bridgehead atoms. The average molecular weight is 275 g/mol. The minimum atomic E-state index is -0.327. The van der Waals surface area contributed by atoms with E-state index in [0.717, 1.165) is 31.2 Å². The van der Waals surface area contributed by atoms with Crippen molar-refractivity contribution in [2.45, 2.75) is 38.3 Å². The fourth-order valence-corrected chi connectivity index (χ4v) is 3.65. The summed E-state index contributed by atoms with van der Waals surface area (Å²) in [6.45, 7) is 0.621. The highest BCUT2D eigenvalue weighted by Crippen LogP contribution is 2.58. The van der Waals surface area contributed by atoms with Gasteiger partial charge in [-0.2, -0.15) is 0 Å². The van der Waals surface area contributed by atoms with Gasteiger partial charge >= 0.3 is 6.09 Å². The second kappa shape index (κ2) is 5.44. The van der Waals surface area contributed by atoms with Crippen LogP contribution in [0.25, 0.3) is 0 Å². The number of aliphatic hydroxyl groups is 1. The van der Waals surface area contributed by atoms with Crippen molar-refractivity contribution < 1.29 is 14.6 Å². The predicted octanol–water partition coefficient (Wildman–Crippen LogP) is 2.46. The van der Waals surface area contributed by atoms with Gasteiger partial charge in [0.1, 0.15) is 6.61 Å². The molecule has 2 aliphatic rings. The number of alkyl carbamates (subject to hydrolysis) is 1. The standard InChI is InChI=1S/C16H21NO3/c18-10-13-6-16(7-13)8-14(9-16)17-15(19)20-11-12-4-2-1-3-5-12/h1-5,13-14,18H,6-11H2,(H,17,19). The predicted molar refractivity (Wildman–Crippen MR) is 75.0 cm³/mol. The number of hydrogen-bond donors (Lipinski definition) is 2. The summed E-state index contributed by atoms with van der Waals surface area (Å²) >= 11 is 0. The van der Waals surface area contributed by atoms with Crippen molar-refractivity contribution in [2.24, 2.45) is 11.3 Å². The van der Waals surface area contributed by atoms with E-state index in [-0.39, 0.29) is 12.1 Å². The van der Waals surface area contributed by atoms with Gasteiger partial charge in [-0.05, 0) is 42.6 Å². The van der Waals surface area contributed by atoms with E-state index in [9.17, 15) is 4.79 Å². The molecule has 0 heterocycles. The lowest BCUT2D eigenvalue weighted by molar-refractivity contribution is -0.0656. The Kier molecular flexibility index (Phi) is 3.66. The Hall–Kier alpha value is -1.55. The first-order chi connectivity index (χ1) is 9.69. The molecule has 0 unspecified atom stereocenters. The number of carbonyl (C=O) groups excluding carboxylic acids is 1. The Labute approximate surface area is 119 Å². The van der Waals surface area contributed by atoms with Crippen molar-refractivity contribution in [1.82, 2.24) is 5.32 Å². The zero-order valence-corrected chi connectivity index (χ0v) is 11.5. The molecule has 4 nitrogen and oxygen atoms in total. The maximum absolute atomic E-state index is 11.7. The summed E-state index contributed by atoms with van der Waals surface area (Å²) in [6.07, 6.45) is 3.96. The number of benzene rings is 1. The topological polar surface area (TPSA) is 58.6 Å². The highest BCUT2D eigenvalue weighted by atomic mass is 16.5. The number of hydrogen-bond acceptors (Lipinski definition) is 3. The van der Waals surface area contributed by atoms with Gasteiger partial charge in [-0.15, -0.1) is 0 Å². The molecular formula is C16H21NO3. The van der Waals surface area contributed by atoms with E-state index < -0.39 is 0 Å². The molecular weight excluding hydrogens is 254 g/mol. The minimum Gasteiger partial charge on any atom is -0.445 e. The second-order valence-corrected chi connectivity index (χ2v) is 6.27. The number of nitrogens with one attached hydrogen (secondary N) is 1. The van der Waals surface area contributed by atoms with E-state index >= 15 is 0 Å². The molecule has 20 heavy (non-hydrogen) atoms. The van der Waals surface area contributed by atoms with Crippen LogP contribution in [0.1, 0.15) is 31.2 Å². The van der Waals surface area contributed by atoms with Crippen molar-refractivity contribution in [3.05, 3.63) is 35.9 Å². The van der Waals surface area contributed by atoms with E-state index in [1.807, 2.05) is 30.3 Å². The van der Waals surface area contributed by atoms with Crippen LogP contribution >= 0.6 is 0 Å². The van der Waals surface area contributed by atoms with Crippen LogP contribution < -0.4 is 5.32 Å². The van der Waals surface area contributed by atoms with Crippen LogP contribution in [-0.4, -0.2) is 23.8 Å². The molecule has 1 spiro atoms. The Morgan fingerprint density at radius 2 is 1.95 bits per heavy atom. The molecule has 2 N–H and O–H groups in total. The van der Waals surface area contributed by atoms with Gasteiger partial charge in [-0.25, -0.2) is 4.79 Å². The zero-order valence-electron chi connectivity index (χ0n) is 11.5. The van der Waals surface area contributed by atoms with Crippen LogP contribution in [0, 0.1) is 11.3 Å². The molecule has 0 saturated heterocycles. The van der Waals surface area contributed by atoms with Gasteiger partial charge in [0.05, 0.1) is 0 Å². The van der Waals surface area contributed by atoms with Crippen LogP contribution in [0.5, 0.6) is 0 Å². The highest BCUT2D eigenvalue weighted by molar-refractivity contribution is 5.67. The Morgan fingerprint density at radius 1 is 1.25 bits per heavy atom. The molecule has 1 aromatic rings. The van der Waals surface area contributed by atoms with Crippen molar-refractivity contribution in [1.29, 1.82) is 0 Å². The second-order valence-electron chi connectivity index (χ2n) is 6.27. The van der Waals surface area contributed by atoms with Crippen LogP contribution in [0.3, 0.4) is 0 Å². The zero-order chi connectivity index (χ0) is 14.0. The molecule has 1 amide bonds.